The van der Waals surface area contributed by atoms with Crippen molar-refractivity contribution in [1.29, 1.82) is 5.26 Å². The molecule has 6 heteroatoms. The summed E-state index contributed by atoms with van der Waals surface area (Å²) >= 11 is 0. The van der Waals surface area contributed by atoms with E-state index in [-0.39, 0.29) is 11.5 Å². The molecule has 2 N–H and O–H groups in total. The zero-order valence-corrected chi connectivity index (χ0v) is 11.5. The van der Waals surface area contributed by atoms with Gasteiger partial charge in [-0.25, -0.2) is 13.1 Å². The van der Waals surface area contributed by atoms with Crippen molar-refractivity contribution in [3.8, 4) is 6.07 Å². The second-order valence-electron chi connectivity index (χ2n) is 4.99. The van der Waals surface area contributed by atoms with E-state index < -0.39 is 15.6 Å². The Balaban J connectivity index is 2.37. The molecule has 1 aromatic rings. The number of nitriles is 1. The van der Waals surface area contributed by atoms with Crippen molar-refractivity contribution in [2.24, 2.45) is 0 Å². The lowest BCUT2D eigenvalue weighted by Crippen LogP contribution is -2.56. The number of hydrogen-bond donors (Lipinski definition) is 2. The van der Waals surface area contributed by atoms with Crippen molar-refractivity contribution in [2.75, 3.05) is 6.61 Å². The van der Waals surface area contributed by atoms with E-state index in [9.17, 15) is 13.5 Å². The van der Waals surface area contributed by atoms with Crippen LogP contribution >= 0.6 is 0 Å². The van der Waals surface area contributed by atoms with E-state index in [0.29, 0.717) is 24.0 Å². The fraction of sp³-hybridized carbons (Fsp3) is 0.462. The van der Waals surface area contributed by atoms with E-state index in [0.717, 1.165) is 6.42 Å². The normalized spacial score (nSPS) is 17.5. The summed E-state index contributed by atoms with van der Waals surface area (Å²) in [6.45, 7) is 1.48. The molecule has 0 aliphatic heterocycles. The largest absolute Gasteiger partial charge is 0.394 e. The van der Waals surface area contributed by atoms with Crippen LogP contribution in [0.4, 0.5) is 0 Å². The minimum Gasteiger partial charge on any atom is -0.394 e. The molecule has 102 valence electrons. The van der Waals surface area contributed by atoms with E-state index in [1.807, 2.05) is 6.07 Å². The third kappa shape index (κ3) is 2.63. The number of hydrogen-bond acceptors (Lipinski definition) is 4. The number of sulfonamides is 1. The van der Waals surface area contributed by atoms with Crippen LogP contribution in [-0.4, -0.2) is 25.7 Å². The topological polar surface area (TPSA) is 90.2 Å². The molecule has 0 atom stereocenters. The highest BCUT2D eigenvalue weighted by molar-refractivity contribution is 7.89. The maximum absolute atomic E-state index is 12.4. The standard InChI is InChI=1S/C13H16N2O3S/c1-10-3-4-11(8-14)7-12(10)19(17,18)15-13(9-16)5-2-6-13/h3-4,7,15-16H,2,5-6,9H2,1H3. The highest BCUT2D eigenvalue weighted by Crippen LogP contribution is 2.33. The zero-order valence-electron chi connectivity index (χ0n) is 10.7. The van der Waals surface area contributed by atoms with Crippen molar-refractivity contribution >= 4 is 10.0 Å². The van der Waals surface area contributed by atoms with Crippen LogP contribution in [0.15, 0.2) is 23.1 Å². The predicted molar refractivity (Wildman–Crippen MR) is 69.9 cm³/mol. The minimum absolute atomic E-state index is 0.103. The van der Waals surface area contributed by atoms with Crippen LogP contribution in [-0.2, 0) is 10.0 Å². The van der Waals surface area contributed by atoms with Gasteiger partial charge in [0.1, 0.15) is 0 Å². The van der Waals surface area contributed by atoms with Gasteiger partial charge in [0.25, 0.3) is 0 Å². The minimum atomic E-state index is -3.72. The fourth-order valence-corrected chi connectivity index (χ4v) is 3.92. The molecule has 1 saturated carbocycles. The third-order valence-corrected chi connectivity index (χ3v) is 5.29. The first-order valence-corrected chi connectivity index (χ1v) is 7.56. The number of aliphatic hydroxyl groups is 1. The van der Waals surface area contributed by atoms with Crippen molar-refractivity contribution < 1.29 is 13.5 Å². The second-order valence-corrected chi connectivity index (χ2v) is 6.64. The highest BCUT2D eigenvalue weighted by atomic mass is 32.2. The van der Waals surface area contributed by atoms with Gasteiger partial charge in [0.15, 0.2) is 0 Å². The van der Waals surface area contributed by atoms with Gasteiger partial charge >= 0.3 is 0 Å². The lowest BCUT2D eigenvalue weighted by atomic mass is 9.78. The smallest absolute Gasteiger partial charge is 0.241 e. The van der Waals surface area contributed by atoms with Gasteiger partial charge in [-0.15, -0.1) is 0 Å². The maximum atomic E-state index is 12.4. The molecule has 1 aromatic carbocycles. The molecule has 1 aliphatic carbocycles. The van der Waals surface area contributed by atoms with Gasteiger partial charge < -0.3 is 5.11 Å². The van der Waals surface area contributed by atoms with Gasteiger partial charge in [-0.1, -0.05) is 6.07 Å². The molecule has 0 amide bonds. The molecule has 2 rings (SSSR count). The Bertz CT molecular complexity index is 622. The molecule has 0 heterocycles. The monoisotopic (exact) mass is 280 g/mol. The molecular weight excluding hydrogens is 264 g/mol. The van der Waals surface area contributed by atoms with E-state index >= 15 is 0 Å². The molecule has 5 nitrogen and oxygen atoms in total. The van der Waals surface area contributed by atoms with Gasteiger partial charge in [-0.05, 0) is 43.9 Å². The SMILES string of the molecule is Cc1ccc(C#N)cc1S(=O)(=O)NC1(CO)CCC1. The molecule has 0 saturated heterocycles. The summed E-state index contributed by atoms with van der Waals surface area (Å²) < 4.78 is 27.3. The van der Waals surface area contributed by atoms with Gasteiger partial charge in [-0.3, -0.25) is 0 Å². The first-order chi connectivity index (χ1) is 8.92. The number of rotatable bonds is 4. The first kappa shape index (κ1) is 14.0. The van der Waals surface area contributed by atoms with Crippen molar-refractivity contribution in [3.05, 3.63) is 29.3 Å². The average Bonchev–Trinajstić information content (AvgIpc) is 2.34. The summed E-state index contributed by atoms with van der Waals surface area (Å²) in [5.74, 6) is 0. The molecule has 19 heavy (non-hydrogen) atoms. The Labute approximate surface area is 112 Å². The Morgan fingerprint density at radius 3 is 2.63 bits per heavy atom. The van der Waals surface area contributed by atoms with Crippen molar-refractivity contribution in [3.63, 3.8) is 0 Å². The molecule has 0 aromatic heterocycles. The molecule has 0 spiro atoms. The summed E-state index contributed by atoms with van der Waals surface area (Å²) in [5, 5.41) is 18.2. The second kappa shape index (κ2) is 4.93. The molecule has 1 fully saturated rings. The van der Waals surface area contributed by atoms with Crippen LogP contribution < -0.4 is 4.72 Å². The number of aryl methyl sites for hydroxylation is 1. The van der Waals surface area contributed by atoms with Crippen LogP contribution in [0, 0.1) is 18.3 Å². The lowest BCUT2D eigenvalue weighted by molar-refractivity contribution is 0.110. The van der Waals surface area contributed by atoms with Gasteiger partial charge in [0, 0.05) is 0 Å². The van der Waals surface area contributed by atoms with E-state index in [1.165, 1.54) is 6.07 Å². The third-order valence-electron chi connectivity index (χ3n) is 3.57. The van der Waals surface area contributed by atoms with Crippen LogP contribution in [0.25, 0.3) is 0 Å². The summed E-state index contributed by atoms with van der Waals surface area (Å²) in [6.07, 6.45) is 2.18. The number of aliphatic hydroxyl groups excluding tert-OH is 1. The molecule has 0 radical (unpaired) electrons. The Hall–Kier alpha value is -1.42. The van der Waals surface area contributed by atoms with Crippen LogP contribution in [0.3, 0.4) is 0 Å². The summed E-state index contributed by atoms with van der Waals surface area (Å²) in [7, 11) is -3.72. The molecular formula is C13H16N2O3S. The quantitative estimate of drug-likeness (QED) is 0.863. The Morgan fingerprint density at radius 2 is 2.16 bits per heavy atom. The van der Waals surface area contributed by atoms with Crippen molar-refractivity contribution in [2.45, 2.75) is 36.6 Å². The van der Waals surface area contributed by atoms with Gasteiger partial charge in [0.2, 0.25) is 10.0 Å². The van der Waals surface area contributed by atoms with E-state index in [1.54, 1.807) is 19.1 Å². The zero-order chi connectivity index (χ0) is 14.1. The van der Waals surface area contributed by atoms with E-state index in [4.69, 9.17) is 5.26 Å². The highest BCUT2D eigenvalue weighted by Gasteiger charge is 2.40. The van der Waals surface area contributed by atoms with Crippen LogP contribution in [0.5, 0.6) is 0 Å². The summed E-state index contributed by atoms with van der Waals surface area (Å²) in [5.41, 5.74) is 0.157. The fourth-order valence-electron chi connectivity index (χ4n) is 2.20. The predicted octanol–water partition coefficient (Wildman–Crippen LogP) is 1.06. The Kier molecular flexibility index (Phi) is 3.63. The number of nitrogens with zero attached hydrogens (tertiary/aromatic N) is 1. The summed E-state index contributed by atoms with van der Waals surface area (Å²) in [4.78, 5) is 0.103. The Morgan fingerprint density at radius 1 is 1.47 bits per heavy atom. The molecule has 1 aliphatic rings. The lowest BCUT2D eigenvalue weighted by Gasteiger charge is -2.40. The van der Waals surface area contributed by atoms with E-state index in [2.05, 4.69) is 4.72 Å². The van der Waals surface area contributed by atoms with Crippen molar-refractivity contribution in [1.82, 2.24) is 4.72 Å². The van der Waals surface area contributed by atoms with Crippen LogP contribution in [0.2, 0.25) is 0 Å². The number of benzene rings is 1. The molecule has 0 unspecified atom stereocenters. The molecule has 0 bridgehead atoms. The van der Waals surface area contributed by atoms with Crippen LogP contribution in [0.1, 0.15) is 30.4 Å². The maximum Gasteiger partial charge on any atom is 0.241 e. The number of nitrogens with one attached hydrogen (secondary N) is 1. The average molecular weight is 280 g/mol. The van der Waals surface area contributed by atoms with Gasteiger partial charge in [0.05, 0.1) is 28.7 Å². The van der Waals surface area contributed by atoms with Gasteiger partial charge in [-0.2, -0.15) is 5.26 Å². The summed E-state index contributed by atoms with van der Waals surface area (Å²) in [6, 6.07) is 6.49. The first-order valence-electron chi connectivity index (χ1n) is 6.08.